The van der Waals surface area contributed by atoms with Crippen molar-refractivity contribution in [2.45, 2.75) is 0 Å². The fourth-order valence-corrected chi connectivity index (χ4v) is 2.97. The number of carbonyl (C=O) groups excluding carboxylic acids is 2. The van der Waals surface area contributed by atoms with Crippen LogP contribution in [-0.4, -0.2) is 143 Å². The first-order valence-electron chi connectivity index (χ1n) is 10.1. The number of nitrogens with one attached hydrogen (secondary N) is 2. The molecular formula is C18H33N5O8S2. The molecule has 15 heteroatoms. The average molecular weight is 512 g/mol. The third-order valence-electron chi connectivity index (χ3n) is 4.14. The average Bonchev–Trinajstić information content (AvgIpc) is 2.71. The lowest BCUT2D eigenvalue weighted by Crippen LogP contribution is -2.47. The minimum Gasteiger partial charge on any atom is -0.480 e. The fraction of sp³-hybridized carbons (Fsp3) is 0.722. The number of aliphatic carboxylic acids is 3. The molecule has 13 nitrogen and oxygen atoms in total. The number of nitrogens with zero attached hydrogens (tertiary/aromatic N) is 3. The summed E-state index contributed by atoms with van der Waals surface area (Å²) in [5.41, 5.74) is 0. The highest BCUT2D eigenvalue weighted by Gasteiger charge is 2.19. The van der Waals surface area contributed by atoms with E-state index in [1.807, 2.05) is 0 Å². The molecule has 0 aromatic carbocycles. The second-order valence-corrected chi connectivity index (χ2v) is 7.92. The molecule has 33 heavy (non-hydrogen) atoms. The van der Waals surface area contributed by atoms with Gasteiger partial charge in [-0.3, -0.25) is 38.7 Å². The first-order valence-corrected chi connectivity index (χ1v) is 11.4. The van der Waals surface area contributed by atoms with Crippen molar-refractivity contribution in [2.24, 2.45) is 0 Å². The molecule has 0 radical (unpaired) electrons. The molecule has 0 aliphatic heterocycles. The third kappa shape index (κ3) is 18.1. The topological polar surface area (TPSA) is 180 Å². The van der Waals surface area contributed by atoms with Crippen LogP contribution in [0.3, 0.4) is 0 Å². The number of carboxylic acid groups (broad SMARTS) is 3. The van der Waals surface area contributed by atoms with Gasteiger partial charge in [0, 0.05) is 50.8 Å². The van der Waals surface area contributed by atoms with Gasteiger partial charge in [0.05, 0.1) is 32.7 Å². The van der Waals surface area contributed by atoms with Gasteiger partial charge in [-0.05, 0) is 0 Å². The SMILES string of the molecule is O=C(O)CN(CCN(CC(=O)O)CC(=O)NCCS)CCN(CC(=O)O)CC(=O)NCCS. The predicted molar refractivity (Wildman–Crippen MR) is 126 cm³/mol. The molecule has 0 atom stereocenters. The highest BCUT2D eigenvalue weighted by molar-refractivity contribution is 7.80. The van der Waals surface area contributed by atoms with E-state index in [4.69, 9.17) is 10.2 Å². The van der Waals surface area contributed by atoms with Crippen LogP contribution in [0.25, 0.3) is 0 Å². The Morgan fingerprint density at radius 2 is 0.848 bits per heavy atom. The summed E-state index contributed by atoms with van der Waals surface area (Å²) in [6, 6.07) is 0. The van der Waals surface area contributed by atoms with Gasteiger partial charge in [-0.25, -0.2) is 0 Å². The molecule has 0 bridgehead atoms. The molecule has 0 aromatic rings. The van der Waals surface area contributed by atoms with Gasteiger partial charge >= 0.3 is 17.9 Å². The Labute approximate surface area is 203 Å². The monoisotopic (exact) mass is 511 g/mol. The minimum absolute atomic E-state index is 0.0925. The first-order chi connectivity index (χ1) is 15.6. The third-order valence-corrected chi connectivity index (χ3v) is 4.59. The van der Waals surface area contributed by atoms with Gasteiger partial charge < -0.3 is 26.0 Å². The van der Waals surface area contributed by atoms with E-state index in [1.54, 1.807) is 0 Å². The van der Waals surface area contributed by atoms with E-state index in [0.717, 1.165) is 0 Å². The molecular weight excluding hydrogens is 478 g/mol. The van der Waals surface area contributed by atoms with Gasteiger partial charge in [-0.15, -0.1) is 0 Å². The molecule has 0 fully saturated rings. The lowest BCUT2D eigenvalue weighted by Gasteiger charge is -2.28. The Hall–Kier alpha value is -2.07. The highest BCUT2D eigenvalue weighted by Crippen LogP contribution is 1.97. The van der Waals surface area contributed by atoms with Crippen LogP contribution in [-0.2, 0) is 24.0 Å². The molecule has 0 aliphatic rings. The molecule has 0 aromatic heterocycles. The molecule has 5 N–H and O–H groups in total. The van der Waals surface area contributed by atoms with Crippen molar-refractivity contribution in [1.82, 2.24) is 25.3 Å². The summed E-state index contributed by atoms with van der Waals surface area (Å²) >= 11 is 7.97. The van der Waals surface area contributed by atoms with Crippen LogP contribution in [0.4, 0.5) is 0 Å². The summed E-state index contributed by atoms with van der Waals surface area (Å²) in [5.74, 6) is -3.30. The summed E-state index contributed by atoms with van der Waals surface area (Å²) in [7, 11) is 0. The maximum Gasteiger partial charge on any atom is 0.317 e. The molecule has 2 amide bonds. The Kier molecular flexibility index (Phi) is 17.2. The van der Waals surface area contributed by atoms with Crippen LogP contribution in [0.15, 0.2) is 0 Å². The summed E-state index contributed by atoms with van der Waals surface area (Å²) in [6.07, 6.45) is 0. The van der Waals surface area contributed by atoms with Gasteiger partial charge in [0.15, 0.2) is 0 Å². The summed E-state index contributed by atoms with van der Waals surface area (Å²) in [6.45, 7) is -0.488. The molecule has 0 saturated carbocycles. The molecule has 190 valence electrons. The summed E-state index contributed by atoms with van der Waals surface area (Å²) < 4.78 is 0. The van der Waals surface area contributed by atoms with Gasteiger partial charge in [-0.2, -0.15) is 25.3 Å². The summed E-state index contributed by atoms with van der Waals surface area (Å²) in [5, 5.41) is 32.5. The van der Waals surface area contributed by atoms with E-state index in [0.29, 0.717) is 24.6 Å². The Morgan fingerprint density at radius 3 is 1.15 bits per heavy atom. The number of carboxylic acids is 3. The lowest BCUT2D eigenvalue weighted by molar-refractivity contribution is -0.141. The number of hydrogen-bond acceptors (Lipinski definition) is 10. The van der Waals surface area contributed by atoms with Gasteiger partial charge in [0.2, 0.25) is 11.8 Å². The van der Waals surface area contributed by atoms with Crippen molar-refractivity contribution in [3.05, 3.63) is 0 Å². The number of rotatable bonds is 20. The largest absolute Gasteiger partial charge is 0.480 e. The zero-order valence-electron chi connectivity index (χ0n) is 18.3. The van der Waals surface area contributed by atoms with Crippen LogP contribution < -0.4 is 10.6 Å². The predicted octanol–water partition coefficient (Wildman–Crippen LogP) is -2.76. The van der Waals surface area contributed by atoms with Crippen molar-refractivity contribution in [1.29, 1.82) is 0 Å². The van der Waals surface area contributed by atoms with E-state index in [1.165, 1.54) is 14.7 Å². The minimum atomic E-state index is -1.14. The number of hydrogen-bond donors (Lipinski definition) is 7. The quantitative estimate of drug-likeness (QED) is 0.0842. The van der Waals surface area contributed by atoms with Crippen molar-refractivity contribution in [3.8, 4) is 0 Å². The zero-order chi connectivity index (χ0) is 25.2. The summed E-state index contributed by atoms with van der Waals surface area (Å²) in [4.78, 5) is 61.6. The number of amides is 2. The van der Waals surface area contributed by atoms with E-state index in [-0.39, 0.29) is 57.6 Å². The normalized spacial score (nSPS) is 11.1. The second kappa shape index (κ2) is 18.4. The molecule has 0 aliphatic carbocycles. The molecule has 0 saturated heterocycles. The van der Waals surface area contributed by atoms with E-state index >= 15 is 0 Å². The van der Waals surface area contributed by atoms with Crippen molar-refractivity contribution < 1.29 is 39.3 Å². The molecule has 0 unspecified atom stereocenters. The van der Waals surface area contributed by atoms with E-state index in [2.05, 4.69) is 35.9 Å². The molecule has 0 spiro atoms. The van der Waals surface area contributed by atoms with E-state index in [9.17, 15) is 29.1 Å². The Morgan fingerprint density at radius 1 is 0.545 bits per heavy atom. The fourth-order valence-electron chi connectivity index (χ4n) is 2.75. The van der Waals surface area contributed by atoms with Crippen LogP contribution in [0.5, 0.6) is 0 Å². The van der Waals surface area contributed by atoms with Crippen molar-refractivity contribution in [2.75, 3.05) is 83.5 Å². The van der Waals surface area contributed by atoms with Gasteiger partial charge in [0.1, 0.15) is 0 Å². The van der Waals surface area contributed by atoms with Crippen LogP contribution in [0, 0.1) is 0 Å². The van der Waals surface area contributed by atoms with Crippen LogP contribution in [0.1, 0.15) is 0 Å². The highest BCUT2D eigenvalue weighted by atomic mass is 32.1. The smallest absolute Gasteiger partial charge is 0.317 e. The van der Waals surface area contributed by atoms with Crippen LogP contribution in [0.2, 0.25) is 0 Å². The Bertz CT molecular complexity index is 609. The standard InChI is InChI=1S/C18H33N5O8S2/c24-14(19-1-7-32)9-22(12-17(28)29)5-3-21(11-16(26)27)4-6-23(13-18(30)31)10-15(25)20-2-8-33/h32-33H,1-13H2,(H,19,24)(H,20,25)(H,26,27)(H,28,29)(H,30,31). The van der Waals surface area contributed by atoms with Crippen molar-refractivity contribution in [3.63, 3.8) is 0 Å². The molecule has 0 heterocycles. The Balaban J connectivity index is 5.02. The van der Waals surface area contributed by atoms with Crippen LogP contribution >= 0.6 is 25.3 Å². The zero-order valence-corrected chi connectivity index (χ0v) is 20.1. The molecule has 0 rings (SSSR count). The van der Waals surface area contributed by atoms with Gasteiger partial charge in [-0.1, -0.05) is 0 Å². The first kappa shape index (κ1) is 30.9. The van der Waals surface area contributed by atoms with Crippen molar-refractivity contribution >= 4 is 55.0 Å². The number of carbonyl (C=O) groups is 5. The maximum atomic E-state index is 11.9. The van der Waals surface area contributed by atoms with E-state index < -0.39 is 31.0 Å². The maximum absolute atomic E-state index is 11.9. The van der Waals surface area contributed by atoms with Gasteiger partial charge in [0.25, 0.3) is 0 Å². The lowest BCUT2D eigenvalue weighted by atomic mass is 10.3. The second-order valence-electron chi connectivity index (χ2n) is 7.03. The number of thiol groups is 2.